The molecular weight excluding hydrogens is 462 g/mol. The van der Waals surface area contributed by atoms with Crippen molar-refractivity contribution in [1.29, 1.82) is 0 Å². The number of amides is 4. The smallest absolute Gasteiger partial charge is 0.309 e. The molecule has 9 heteroatoms. The lowest BCUT2D eigenvalue weighted by atomic mass is 9.97. The Morgan fingerprint density at radius 1 is 0.944 bits per heavy atom. The number of rotatable bonds is 7. The lowest BCUT2D eigenvalue weighted by Crippen LogP contribution is -2.45. The quantitative estimate of drug-likeness (QED) is 0.435. The van der Waals surface area contributed by atoms with Crippen LogP contribution in [0.1, 0.15) is 56.4 Å². The molecule has 0 bridgehead atoms. The minimum Gasteiger partial charge on any atom is -0.466 e. The molecule has 4 amide bonds. The first-order valence-corrected chi connectivity index (χ1v) is 12.0. The van der Waals surface area contributed by atoms with Gasteiger partial charge in [-0.05, 0) is 49.6 Å². The summed E-state index contributed by atoms with van der Waals surface area (Å²) in [5.41, 5.74) is 1.90. The average Bonchev–Trinajstić information content (AvgIpc) is 3.13. The van der Waals surface area contributed by atoms with Gasteiger partial charge in [0, 0.05) is 25.7 Å². The summed E-state index contributed by atoms with van der Waals surface area (Å²) in [6, 6.07) is 13.4. The molecule has 2 aromatic carbocycles. The molecule has 0 unspecified atom stereocenters. The fourth-order valence-corrected chi connectivity index (χ4v) is 4.54. The van der Waals surface area contributed by atoms with E-state index in [1.54, 1.807) is 67.4 Å². The van der Waals surface area contributed by atoms with E-state index in [4.69, 9.17) is 4.74 Å². The van der Waals surface area contributed by atoms with Gasteiger partial charge >= 0.3 is 5.97 Å². The molecule has 0 spiro atoms. The van der Waals surface area contributed by atoms with Gasteiger partial charge in [0.25, 0.3) is 17.7 Å². The number of benzene rings is 2. The third-order valence-corrected chi connectivity index (χ3v) is 6.61. The fourth-order valence-electron chi connectivity index (χ4n) is 4.54. The van der Waals surface area contributed by atoms with E-state index in [-0.39, 0.29) is 48.6 Å². The molecule has 2 heterocycles. The molecule has 0 atom stereocenters. The summed E-state index contributed by atoms with van der Waals surface area (Å²) in [5.74, 6) is -1.55. The van der Waals surface area contributed by atoms with Crippen molar-refractivity contribution in [3.63, 3.8) is 0 Å². The zero-order valence-electron chi connectivity index (χ0n) is 20.4. The Balaban J connectivity index is 1.30. The van der Waals surface area contributed by atoms with Crippen molar-refractivity contribution < 1.29 is 28.7 Å². The van der Waals surface area contributed by atoms with Crippen LogP contribution in [0.15, 0.2) is 48.5 Å². The van der Waals surface area contributed by atoms with E-state index in [2.05, 4.69) is 0 Å². The number of esters is 1. The van der Waals surface area contributed by atoms with Crippen LogP contribution in [0.5, 0.6) is 0 Å². The summed E-state index contributed by atoms with van der Waals surface area (Å²) in [6.45, 7) is 3.06. The molecule has 36 heavy (non-hydrogen) atoms. The topological polar surface area (TPSA) is 104 Å². The molecule has 0 aromatic heterocycles. The van der Waals surface area contributed by atoms with Crippen LogP contribution < -0.4 is 0 Å². The zero-order valence-corrected chi connectivity index (χ0v) is 20.4. The van der Waals surface area contributed by atoms with E-state index in [9.17, 15) is 24.0 Å². The first kappa shape index (κ1) is 25.1. The molecule has 188 valence electrons. The lowest BCUT2D eigenvalue weighted by Gasteiger charge is -2.32. The van der Waals surface area contributed by atoms with Gasteiger partial charge in [-0.15, -0.1) is 0 Å². The van der Waals surface area contributed by atoms with Crippen LogP contribution in [0.25, 0.3) is 0 Å². The Hall–Kier alpha value is -4.01. The summed E-state index contributed by atoms with van der Waals surface area (Å²) in [6.07, 6.45) is 1.10. The Morgan fingerprint density at radius 2 is 1.53 bits per heavy atom. The number of likely N-dealkylation sites (N-methyl/N-ethyl adjacent to an activating group) is 1. The maximum Gasteiger partial charge on any atom is 0.309 e. The molecule has 2 aliphatic rings. The minimum absolute atomic E-state index is 0.0697. The molecule has 2 aliphatic heterocycles. The number of imide groups is 1. The van der Waals surface area contributed by atoms with E-state index >= 15 is 0 Å². The maximum absolute atomic E-state index is 12.9. The Morgan fingerprint density at radius 3 is 2.08 bits per heavy atom. The van der Waals surface area contributed by atoms with Crippen molar-refractivity contribution in [2.24, 2.45) is 5.92 Å². The number of piperidine rings is 1. The molecular formula is C27H29N3O6. The number of hydrogen-bond acceptors (Lipinski definition) is 6. The Bertz CT molecular complexity index is 1150. The lowest BCUT2D eigenvalue weighted by molar-refractivity contribution is -0.151. The monoisotopic (exact) mass is 491 g/mol. The molecule has 0 aliphatic carbocycles. The third-order valence-electron chi connectivity index (χ3n) is 6.61. The second kappa shape index (κ2) is 10.7. The van der Waals surface area contributed by atoms with Crippen molar-refractivity contribution in [3.05, 3.63) is 70.8 Å². The van der Waals surface area contributed by atoms with Gasteiger partial charge in [0.05, 0.1) is 36.7 Å². The summed E-state index contributed by atoms with van der Waals surface area (Å²) >= 11 is 0. The summed E-state index contributed by atoms with van der Waals surface area (Å²) in [4.78, 5) is 66.8. The Labute approximate surface area is 209 Å². The van der Waals surface area contributed by atoms with Crippen LogP contribution in [-0.4, -0.2) is 77.6 Å². The summed E-state index contributed by atoms with van der Waals surface area (Å²) in [7, 11) is 1.57. The van der Waals surface area contributed by atoms with Gasteiger partial charge in [-0.1, -0.05) is 24.3 Å². The molecule has 0 saturated carbocycles. The van der Waals surface area contributed by atoms with Crippen LogP contribution >= 0.6 is 0 Å². The average molecular weight is 492 g/mol. The number of hydrogen-bond donors (Lipinski definition) is 0. The molecule has 4 rings (SSSR count). The van der Waals surface area contributed by atoms with E-state index in [0.717, 1.165) is 0 Å². The minimum atomic E-state index is -0.333. The SMILES string of the molecule is CCOC(=O)C1CCN(C(=O)CN(C)C(=O)c2ccc(CN3C(=O)c4ccccc4C3=O)cc2)CC1. The van der Waals surface area contributed by atoms with Crippen LogP contribution in [-0.2, 0) is 20.9 Å². The van der Waals surface area contributed by atoms with Gasteiger partial charge in [0.15, 0.2) is 0 Å². The second-order valence-electron chi connectivity index (χ2n) is 9.01. The summed E-state index contributed by atoms with van der Waals surface area (Å²) in [5, 5.41) is 0. The van der Waals surface area contributed by atoms with E-state index in [1.165, 1.54) is 9.80 Å². The van der Waals surface area contributed by atoms with E-state index in [1.807, 2.05) is 0 Å². The van der Waals surface area contributed by atoms with Crippen molar-refractivity contribution in [3.8, 4) is 0 Å². The van der Waals surface area contributed by atoms with Gasteiger partial charge in [-0.2, -0.15) is 0 Å². The largest absolute Gasteiger partial charge is 0.466 e. The normalized spacial score (nSPS) is 15.6. The maximum atomic E-state index is 12.9. The van der Waals surface area contributed by atoms with Gasteiger partial charge in [-0.25, -0.2) is 0 Å². The molecule has 9 nitrogen and oxygen atoms in total. The molecule has 1 saturated heterocycles. The van der Waals surface area contributed by atoms with Crippen molar-refractivity contribution in [2.45, 2.75) is 26.3 Å². The molecule has 0 N–H and O–H groups in total. The number of likely N-dealkylation sites (tertiary alicyclic amines) is 1. The Kier molecular flexibility index (Phi) is 7.47. The predicted octanol–water partition coefficient (Wildman–Crippen LogP) is 2.36. The first-order valence-electron chi connectivity index (χ1n) is 12.0. The molecule has 0 radical (unpaired) electrons. The number of carbonyl (C=O) groups is 5. The highest BCUT2D eigenvalue weighted by molar-refractivity contribution is 6.21. The van der Waals surface area contributed by atoms with Gasteiger partial charge in [-0.3, -0.25) is 28.9 Å². The van der Waals surface area contributed by atoms with Gasteiger partial charge < -0.3 is 14.5 Å². The van der Waals surface area contributed by atoms with Crippen molar-refractivity contribution >= 4 is 29.6 Å². The molecule has 2 aromatic rings. The van der Waals surface area contributed by atoms with Crippen LogP contribution in [0, 0.1) is 5.92 Å². The zero-order chi connectivity index (χ0) is 25.8. The summed E-state index contributed by atoms with van der Waals surface area (Å²) < 4.78 is 5.06. The first-order chi connectivity index (χ1) is 17.3. The fraction of sp³-hybridized carbons (Fsp3) is 0.370. The number of carbonyl (C=O) groups excluding carboxylic acids is 5. The number of fused-ring (bicyclic) bond motifs is 1. The van der Waals surface area contributed by atoms with Crippen molar-refractivity contribution in [2.75, 3.05) is 33.3 Å². The number of ether oxygens (including phenoxy) is 1. The highest BCUT2D eigenvalue weighted by Gasteiger charge is 2.35. The van der Waals surface area contributed by atoms with Crippen LogP contribution in [0.3, 0.4) is 0 Å². The standard InChI is InChI=1S/C27H29N3O6/c1-3-36-27(35)20-12-14-29(15-13-20)23(31)17-28(2)24(32)19-10-8-18(9-11-19)16-30-25(33)21-6-4-5-7-22(21)26(30)34/h4-11,20H,3,12-17H2,1-2H3. The van der Waals surface area contributed by atoms with Crippen molar-refractivity contribution in [1.82, 2.24) is 14.7 Å². The highest BCUT2D eigenvalue weighted by atomic mass is 16.5. The highest BCUT2D eigenvalue weighted by Crippen LogP contribution is 2.24. The van der Waals surface area contributed by atoms with Gasteiger partial charge in [0.1, 0.15) is 0 Å². The second-order valence-corrected chi connectivity index (χ2v) is 9.01. The number of nitrogens with zero attached hydrogens (tertiary/aromatic N) is 3. The van der Waals surface area contributed by atoms with E-state index < -0.39 is 0 Å². The van der Waals surface area contributed by atoms with Crippen LogP contribution in [0.2, 0.25) is 0 Å². The third kappa shape index (κ3) is 5.15. The van der Waals surface area contributed by atoms with Gasteiger partial charge in [0.2, 0.25) is 5.91 Å². The van der Waals surface area contributed by atoms with E-state index in [0.29, 0.717) is 54.8 Å². The predicted molar refractivity (Wildman–Crippen MR) is 130 cm³/mol. The molecule has 1 fully saturated rings. The van der Waals surface area contributed by atoms with Crippen LogP contribution in [0.4, 0.5) is 0 Å².